The molecule has 1 aromatic carbocycles. The molecule has 106 valence electrons. The Labute approximate surface area is 121 Å². The Morgan fingerprint density at radius 2 is 2.11 bits per heavy atom. The molecule has 1 aromatic rings. The van der Waals surface area contributed by atoms with Gasteiger partial charge in [0.25, 0.3) is 0 Å². The van der Waals surface area contributed by atoms with Gasteiger partial charge in [0, 0.05) is 4.47 Å². The molecular weight excluding hydrogens is 334 g/mol. The third-order valence-corrected chi connectivity index (χ3v) is 4.78. The average Bonchev–Trinajstić information content (AvgIpc) is 2.28. The molecule has 0 radical (unpaired) electrons. The number of sulfonamides is 1. The molecular formula is C12H16BrNO4S. The third kappa shape index (κ3) is 4.02. The van der Waals surface area contributed by atoms with Crippen LogP contribution in [-0.4, -0.2) is 25.0 Å². The summed E-state index contributed by atoms with van der Waals surface area (Å²) in [6.45, 7) is 3.17. The average molecular weight is 350 g/mol. The van der Waals surface area contributed by atoms with Gasteiger partial charge in [-0.2, -0.15) is 4.72 Å². The van der Waals surface area contributed by atoms with Gasteiger partial charge >= 0.3 is 5.97 Å². The second kappa shape index (κ2) is 6.02. The van der Waals surface area contributed by atoms with Crippen molar-refractivity contribution in [3.05, 3.63) is 28.7 Å². The van der Waals surface area contributed by atoms with E-state index in [4.69, 9.17) is 0 Å². The number of nitrogens with one attached hydrogen (secondary N) is 1. The highest BCUT2D eigenvalue weighted by atomic mass is 79.9. The summed E-state index contributed by atoms with van der Waals surface area (Å²) in [7, 11) is -3.87. The lowest BCUT2D eigenvalue weighted by Crippen LogP contribution is -2.51. The number of rotatable bonds is 6. The molecule has 0 amide bonds. The van der Waals surface area contributed by atoms with Crippen molar-refractivity contribution in [1.29, 1.82) is 0 Å². The lowest BCUT2D eigenvalue weighted by atomic mass is 9.98. The first kappa shape index (κ1) is 16.1. The van der Waals surface area contributed by atoms with Crippen LogP contribution in [0.1, 0.15) is 26.7 Å². The van der Waals surface area contributed by atoms with E-state index in [0.29, 0.717) is 10.9 Å². The molecule has 1 unspecified atom stereocenters. The molecule has 0 aliphatic heterocycles. The predicted octanol–water partition coefficient (Wildman–Crippen LogP) is 2.37. The molecule has 0 bridgehead atoms. The van der Waals surface area contributed by atoms with E-state index in [1.807, 2.05) is 0 Å². The minimum atomic E-state index is -3.87. The van der Waals surface area contributed by atoms with Crippen molar-refractivity contribution in [2.75, 3.05) is 0 Å². The van der Waals surface area contributed by atoms with E-state index in [1.54, 1.807) is 19.1 Å². The smallest absolute Gasteiger partial charge is 0.324 e. The summed E-state index contributed by atoms with van der Waals surface area (Å²) in [5.74, 6) is -1.19. The van der Waals surface area contributed by atoms with Crippen molar-refractivity contribution < 1.29 is 18.3 Å². The first-order chi connectivity index (χ1) is 8.71. The molecule has 0 aromatic heterocycles. The van der Waals surface area contributed by atoms with Gasteiger partial charge in [-0.05, 0) is 31.5 Å². The summed E-state index contributed by atoms with van der Waals surface area (Å²) in [5.41, 5.74) is -1.50. The molecule has 0 aliphatic rings. The zero-order valence-electron chi connectivity index (χ0n) is 10.7. The summed E-state index contributed by atoms with van der Waals surface area (Å²) < 4.78 is 27.2. The minimum absolute atomic E-state index is 0.0328. The van der Waals surface area contributed by atoms with E-state index in [-0.39, 0.29) is 11.3 Å². The van der Waals surface area contributed by atoms with Gasteiger partial charge in [-0.25, -0.2) is 8.42 Å². The van der Waals surface area contributed by atoms with E-state index >= 15 is 0 Å². The largest absolute Gasteiger partial charge is 0.480 e. The van der Waals surface area contributed by atoms with Crippen LogP contribution in [0.15, 0.2) is 33.6 Å². The minimum Gasteiger partial charge on any atom is -0.480 e. The summed E-state index contributed by atoms with van der Waals surface area (Å²) in [5, 5.41) is 9.19. The van der Waals surface area contributed by atoms with Crippen LogP contribution in [0.4, 0.5) is 0 Å². The maximum absolute atomic E-state index is 12.2. The van der Waals surface area contributed by atoms with Gasteiger partial charge in [0.2, 0.25) is 10.0 Å². The van der Waals surface area contributed by atoms with E-state index in [0.717, 1.165) is 0 Å². The molecule has 7 heteroatoms. The van der Waals surface area contributed by atoms with Gasteiger partial charge in [0.15, 0.2) is 0 Å². The van der Waals surface area contributed by atoms with Crippen LogP contribution < -0.4 is 4.72 Å². The zero-order valence-corrected chi connectivity index (χ0v) is 13.1. The van der Waals surface area contributed by atoms with Crippen LogP contribution in [0.3, 0.4) is 0 Å². The fourth-order valence-electron chi connectivity index (χ4n) is 1.69. The first-order valence-electron chi connectivity index (χ1n) is 5.74. The van der Waals surface area contributed by atoms with Crippen LogP contribution in [0.25, 0.3) is 0 Å². The van der Waals surface area contributed by atoms with Crippen LogP contribution >= 0.6 is 15.9 Å². The van der Waals surface area contributed by atoms with Crippen molar-refractivity contribution in [3.8, 4) is 0 Å². The highest BCUT2D eigenvalue weighted by Crippen LogP contribution is 2.20. The molecule has 0 aliphatic carbocycles. The Hall–Kier alpha value is -0.920. The SMILES string of the molecule is CCCC(C)(NS(=O)(=O)c1cccc(Br)c1)C(=O)O. The van der Waals surface area contributed by atoms with Crippen molar-refractivity contribution in [3.63, 3.8) is 0 Å². The van der Waals surface area contributed by atoms with Gasteiger partial charge < -0.3 is 5.11 Å². The van der Waals surface area contributed by atoms with Gasteiger partial charge in [0.1, 0.15) is 5.54 Å². The van der Waals surface area contributed by atoms with E-state index in [2.05, 4.69) is 20.7 Å². The lowest BCUT2D eigenvalue weighted by molar-refractivity contribution is -0.143. The quantitative estimate of drug-likeness (QED) is 0.825. The van der Waals surface area contributed by atoms with Crippen LogP contribution in [0.5, 0.6) is 0 Å². The number of carbonyl (C=O) groups is 1. The zero-order chi connectivity index (χ0) is 14.7. The van der Waals surface area contributed by atoms with Gasteiger partial charge in [-0.3, -0.25) is 4.79 Å². The second-order valence-corrected chi connectivity index (χ2v) is 7.05. The first-order valence-corrected chi connectivity index (χ1v) is 8.02. The summed E-state index contributed by atoms with van der Waals surface area (Å²) in [4.78, 5) is 11.3. The Bertz CT molecular complexity index is 573. The van der Waals surface area contributed by atoms with Crippen molar-refractivity contribution in [2.24, 2.45) is 0 Å². The van der Waals surface area contributed by atoms with Crippen molar-refractivity contribution in [2.45, 2.75) is 37.1 Å². The number of benzene rings is 1. The highest BCUT2D eigenvalue weighted by Gasteiger charge is 2.37. The summed E-state index contributed by atoms with van der Waals surface area (Å²) in [6.07, 6.45) is 0.777. The standard InChI is InChI=1S/C12H16BrNO4S/c1-3-7-12(2,11(15)16)14-19(17,18)10-6-4-5-9(13)8-10/h4-6,8,14H,3,7H2,1-2H3,(H,15,16). The fraction of sp³-hybridized carbons (Fsp3) is 0.417. The normalized spacial score (nSPS) is 14.9. The van der Waals surface area contributed by atoms with Gasteiger partial charge in [0.05, 0.1) is 4.90 Å². The maximum atomic E-state index is 12.2. The predicted molar refractivity (Wildman–Crippen MR) is 75.4 cm³/mol. The summed E-state index contributed by atoms with van der Waals surface area (Å²) in [6, 6.07) is 6.12. The Morgan fingerprint density at radius 1 is 1.47 bits per heavy atom. The van der Waals surface area contributed by atoms with Crippen molar-refractivity contribution >= 4 is 31.9 Å². The van der Waals surface area contributed by atoms with Gasteiger partial charge in [-0.15, -0.1) is 0 Å². The number of hydrogen-bond acceptors (Lipinski definition) is 3. The third-order valence-electron chi connectivity index (χ3n) is 2.69. The number of hydrogen-bond donors (Lipinski definition) is 2. The highest BCUT2D eigenvalue weighted by molar-refractivity contribution is 9.10. The van der Waals surface area contributed by atoms with Gasteiger partial charge in [-0.1, -0.05) is 35.3 Å². The maximum Gasteiger partial charge on any atom is 0.324 e. The summed E-state index contributed by atoms with van der Waals surface area (Å²) >= 11 is 3.19. The van der Waals surface area contributed by atoms with Crippen LogP contribution in [0.2, 0.25) is 0 Å². The number of aliphatic carboxylic acids is 1. The molecule has 0 saturated carbocycles. The number of carboxylic acid groups (broad SMARTS) is 1. The Balaban J connectivity index is 3.11. The fourth-order valence-corrected chi connectivity index (χ4v) is 3.68. The number of halogens is 1. The lowest BCUT2D eigenvalue weighted by Gasteiger charge is -2.25. The molecule has 0 spiro atoms. The molecule has 5 nitrogen and oxygen atoms in total. The number of carboxylic acids is 1. The molecule has 19 heavy (non-hydrogen) atoms. The molecule has 0 saturated heterocycles. The van der Waals surface area contributed by atoms with Crippen LogP contribution in [-0.2, 0) is 14.8 Å². The Kier molecular flexibility index (Phi) is 5.11. The Morgan fingerprint density at radius 3 is 2.58 bits per heavy atom. The molecule has 0 heterocycles. The van der Waals surface area contributed by atoms with E-state index in [1.165, 1.54) is 19.1 Å². The second-order valence-electron chi connectivity index (χ2n) is 4.45. The molecule has 2 N–H and O–H groups in total. The topological polar surface area (TPSA) is 83.5 Å². The van der Waals surface area contributed by atoms with Crippen molar-refractivity contribution in [1.82, 2.24) is 4.72 Å². The van der Waals surface area contributed by atoms with E-state index in [9.17, 15) is 18.3 Å². The molecule has 1 rings (SSSR count). The molecule has 1 atom stereocenters. The molecule has 0 fully saturated rings. The van der Waals surface area contributed by atoms with Crippen LogP contribution in [0, 0.1) is 0 Å². The monoisotopic (exact) mass is 349 g/mol. The van der Waals surface area contributed by atoms with E-state index < -0.39 is 21.5 Å².